The highest BCUT2D eigenvalue weighted by Gasteiger charge is 2.27. The van der Waals surface area contributed by atoms with Crippen molar-refractivity contribution in [2.24, 2.45) is 0 Å². The molecule has 1 N–H and O–H groups in total. The molecule has 0 aliphatic rings. The van der Waals surface area contributed by atoms with Gasteiger partial charge in [0.1, 0.15) is 15.6 Å². The van der Waals surface area contributed by atoms with Gasteiger partial charge in [-0.3, -0.25) is 9.59 Å². The van der Waals surface area contributed by atoms with Crippen LogP contribution in [0.2, 0.25) is 9.36 Å². The lowest BCUT2D eigenvalue weighted by Crippen LogP contribution is -2.33. The van der Waals surface area contributed by atoms with Crippen molar-refractivity contribution in [3.8, 4) is 0 Å². The van der Waals surface area contributed by atoms with Crippen LogP contribution < -0.4 is 10.9 Å². The first-order valence-corrected chi connectivity index (χ1v) is 11.4. The molecule has 152 valence electrons. The summed E-state index contributed by atoms with van der Waals surface area (Å²) in [4.78, 5) is 25.1. The molecule has 0 saturated carbocycles. The maximum Gasteiger partial charge on any atom is 0.270 e. The van der Waals surface area contributed by atoms with E-state index in [0.717, 1.165) is 15.9 Å². The maximum absolute atomic E-state index is 13.0. The number of nitrogens with zero attached hydrogens (tertiary/aromatic N) is 1. The van der Waals surface area contributed by atoms with Crippen LogP contribution in [-0.2, 0) is 21.2 Å². The molecular formula is C19H16Cl2N2O4S2. The van der Waals surface area contributed by atoms with E-state index in [2.05, 4.69) is 5.32 Å². The van der Waals surface area contributed by atoms with Crippen LogP contribution in [0.25, 0.3) is 0 Å². The van der Waals surface area contributed by atoms with E-state index in [1.54, 1.807) is 44.2 Å². The van der Waals surface area contributed by atoms with Crippen molar-refractivity contribution in [1.82, 2.24) is 4.57 Å². The fraction of sp³-hybridized carbons (Fsp3) is 0.158. The monoisotopic (exact) mass is 470 g/mol. The van der Waals surface area contributed by atoms with Crippen molar-refractivity contribution < 1.29 is 13.2 Å². The van der Waals surface area contributed by atoms with Gasteiger partial charge >= 0.3 is 0 Å². The van der Waals surface area contributed by atoms with E-state index in [-0.39, 0.29) is 15.6 Å². The molecule has 0 radical (unpaired) electrons. The van der Waals surface area contributed by atoms with E-state index in [0.29, 0.717) is 26.3 Å². The lowest BCUT2D eigenvalue weighted by Gasteiger charge is -2.14. The minimum Gasteiger partial charge on any atom is -0.325 e. The standard InChI is InChI=1S/C19H16Cl2N2O4S2/c1-11-9-12(2)23(10-16(24)22-14-5-3-13(20)4-6-14)19(25)18(11)29(26,27)17-8-7-15(21)28-17/h3-9H,10H2,1-2H3,(H,22,24). The topological polar surface area (TPSA) is 85.2 Å². The number of thiophene rings is 1. The molecule has 0 fully saturated rings. The number of sulfone groups is 1. The summed E-state index contributed by atoms with van der Waals surface area (Å²) < 4.78 is 27.4. The van der Waals surface area contributed by atoms with Crippen LogP contribution in [0.3, 0.4) is 0 Å². The number of benzene rings is 1. The zero-order chi connectivity index (χ0) is 21.3. The Morgan fingerprint density at radius 2 is 1.76 bits per heavy atom. The van der Waals surface area contributed by atoms with Gasteiger partial charge in [-0.25, -0.2) is 8.42 Å². The van der Waals surface area contributed by atoms with Crippen molar-refractivity contribution in [1.29, 1.82) is 0 Å². The first-order chi connectivity index (χ1) is 13.6. The lowest BCUT2D eigenvalue weighted by molar-refractivity contribution is -0.116. The summed E-state index contributed by atoms with van der Waals surface area (Å²) >= 11 is 12.6. The fourth-order valence-corrected chi connectivity index (χ4v) is 6.12. The number of amides is 1. The van der Waals surface area contributed by atoms with Gasteiger partial charge < -0.3 is 9.88 Å². The number of rotatable bonds is 5. The summed E-state index contributed by atoms with van der Waals surface area (Å²) in [6.45, 7) is 2.86. The van der Waals surface area contributed by atoms with E-state index in [4.69, 9.17) is 23.2 Å². The van der Waals surface area contributed by atoms with Gasteiger partial charge in [-0.1, -0.05) is 23.2 Å². The minimum absolute atomic E-state index is 0.0243. The van der Waals surface area contributed by atoms with Crippen molar-refractivity contribution in [2.75, 3.05) is 5.32 Å². The predicted octanol–water partition coefficient (Wildman–Crippen LogP) is 4.30. The number of carbonyl (C=O) groups is 1. The molecule has 2 heterocycles. The molecule has 0 bridgehead atoms. The summed E-state index contributed by atoms with van der Waals surface area (Å²) in [7, 11) is -4.06. The molecule has 1 amide bonds. The Morgan fingerprint density at radius 3 is 2.34 bits per heavy atom. The number of aryl methyl sites for hydroxylation is 2. The Kier molecular flexibility index (Phi) is 6.19. The SMILES string of the molecule is Cc1cc(C)n(CC(=O)Nc2ccc(Cl)cc2)c(=O)c1S(=O)(=O)c1ccc(Cl)s1. The molecule has 6 nitrogen and oxygen atoms in total. The van der Waals surface area contributed by atoms with E-state index in [1.165, 1.54) is 12.1 Å². The second-order valence-corrected chi connectivity index (χ2v) is 10.6. The molecule has 0 saturated heterocycles. The molecule has 0 unspecified atom stereocenters. The van der Waals surface area contributed by atoms with Gasteiger partial charge in [-0.15, -0.1) is 11.3 Å². The Balaban J connectivity index is 1.98. The van der Waals surface area contributed by atoms with Crippen LogP contribution in [0.4, 0.5) is 5.69 Å². The summed E-state index contributed by atoms with van der Waals surface area (Å²) in [5, 5.41) is 3.18. The van der Waals surface area contributed by atoms with Gasteiger partial charge in [0.05, 0.1) is 4.34 Å². The second kappa shape index (κ2) is 8.31. The third kappa shape index (κ3) is 4.56. The number of hydrogen-bond acceptors (Lipinski definition) is 5. The molecule has 0 atom stereocenters. The highest BCUT2D eigenvalue weighted by molar-refractivity contribution is 7.93. The molecule has 3 rings (SSSR count). The van der Waals surface area contributed by atoms with Gasteiger partial charge in [0.2, 0.25) is 15.7 Å². The molecule has 2 aromatic heterocycles. The Hall–Kier alpha value is -2.13. The van der Waals surface area contributed by atoms with Crippen LogP contribution in [0.15, 0.2) is 56.4 Å². The molecule has 10 heteroatoms. The van der Waals surface area contributed by atoms with Gasteiger partial charge in [0.25, 0.3) is 5.56 Å². The second-order valence-electron chi connectivity index (χ2n) is 6.31. The van der Waals surface area contributed by atoms with Crippen LogP contribution in [-0.4, -0.2) is 18.9 Å². The third-order valence-electron chi connectivity index (χ3n) is 4.16. The van der Waals surface area contributed by atoms with Crippen LogP contribution >= 0.6 is 34.5 Å². The zero-order valence-corrected chi connectivity index (χ0v) is 18.5. The van der Waals surface area contributed by atoms with E-state index >= 15 is 0 Å². The van der Waals surface area contributed by atoms with Crippen LogP contribution in [0, 0.1) is 13.8 Å². The summed E-state index contributed by atoms with van der Waals surface area (Å²) in [5.41, 5.74) is 0.546. The van der Waals surface area contributed by atoms with Gasteiger partial charge in [-0.2, -0.15) is 0 Å². The van der Waals surface area contributed by atoms with Crippen molar-refractivity contribution in [2.45, 2.75) is 29.5 Å². The average Bonchev–Trinajstić information content (AvgIpc) is 3.07. The normalized spacial score (nSPS) is 11.4. The van der Waals surface area contributed by atoms with Gasteiger partial charge in [0, 0.05) is 16.4 Å². The van der Waals surface area contributed by atoms with Crippen molar-refractivity contribution >= 4 is 56.0 Å². The lowest BCUT2D eigenvalue weighted by atomic mass is 10.2. The molecule has 0 aliphatic carbocycles. The Labute approximate surface area is 181 Å². The van der Waals surface area contributed by atoms with Crippen LogP contribution in [0.5, 0.6) is 0 Å². The molecule has 0 aliphatic heterocycles. The molecule has 29 heavy (non-hydrogen) atoms. The number of nitrogens with one attached hydrogen (secondary N) is 1. The number of carbonyl (C=O) groups excluding carboxylic acids is 1. The first-order valence-electron chi connectivity index (χ1n) is 8.36. The number of aromatic nitrogens is 1. The fourth-order valence-electron chi connectivity index (χ4n) is 2.85. The van der Waals surface area contributed by atoms with Crippen molar-refractivity contribution in [3.63, 3.8) is 0 Å². The van der Waals surface area contributed by atoms with Gasteiger partial charge in [0.15, 0.2) is 0 Å². The van der Waals surface area contributed by atoms with E-state index < -0.39 is 21.3 Å². The minimum atomic E-state index is -4.06. The third-order valence-corrected chi connectivity index (χ3v) is 8.05. The smallest absolute Gasteiger partial charge is 0.270 e. The average molecular weight is 471 g/mol. The van der Waals surface area contributed by atoms with E-state index in [9.17, 15) is 18.0 Å². The number of anilines is 1. The summed E-state index contributed by atoms with van der Waals surface area (Å²) in [5.74, 6) is -0.469. The summed E-state index contributed by atoms with van der Waals surface area (Å²) in [6, 6.07) is 10.9. The Morgan fingerprint density at radius 1 is 1.10 bits per heavy atom. The highest BCUT2D eigenvalue weighted by Crippen LogP contribution is 2.30. The molecular weight excluding hydrogens is 455 g/mol. The first kappa shape index (κ1) is 21.6. The molecule has 0 spiro atoms. The molecule has 1 aromatic carbocycles. The van der Waals surface area contributed by atoms with Crippen molar-refractivity contribution in [3.05, 3.63) is 73.4 Å². The predicted molar refractivity (Wildman–Crippen MR) is 115 cm³/mol. The zero-order valence-electron chi connectivity index (χ0n) is 15.4. The van der Waals surface area contributed by atoms with E-state index in [1.807, 2.05) is 0 Å². The quantitative estimate of drug-likeness (QED) is 0.601. The van der Waals surface area contributed by atoms with Gasteiger partial charge in [-0.05, 0) is 61.9 Å². The Bertz CT molecular complexity index is 1250. The van der Waals surface area contributed by atoms with Crippen LogP contribution in [0.1, 0.15) is 11.3 Å². The number of hydrogen-bond donors (Lipinski definition) is 1. The summed E-state index contributed by atoms with van der Waals surface area (Å²) in [6.07, 6.45) is 0. The maximum atomic E-state index is 13.0. The number of pyridine rings is 1. The number of halogens is 2. The molecule has 3 aromatic rings. The highest BCUT2D eigenvalue weighted by atomic mass is 35.5. The largest absolute Gasteiger partial charge is 0.325 e.